The van der Waals surface area contributed by atoms with Crippen LogP contribution in [0.4, 0.5) is 22.7 Å². The standard InChI is InChI=1S/C42H50ClN3O5S.C41H48ClN3O6S/c1-28-10-8-21-42(49,24-39(47)45(3)34-12-6-5-7-13-34)36-17-14-32(36)25-46-26-41(20-9-11-30-22-33(43)16-18-35(30)41)27-51-38-19-15-31(23-37(38)46)40(48)44-52(4,50)29(28)2;1-27-9-7-20-41(48,23-38(46)44(3)33-11-5-4-6-12-33)35-16-13-31(35)24-45-25-40(19-8-10-29-21-32(42)15-17-34(29)40)26-51-37-18-14-30(22-36(37)45)39(47)43-52(49,50)28(27)2/h5-8,12-13,15-16,18-19,21-23,28-29,32,36,49H,4,9-11,14,17,20,24-27H2,1-3H3,(H,44,48,50);4-7,11-12,14-15,17-18,20-22,27-28,31,35,48H,8-10,13,16,19,23-26H2,1-3H3,(H,43,47)/b21-8+;20-7+/t28-,29+,32-,36+,41-,42-,52?;27-,28+,31-,35+,40-,41+/m00/s1. The Kier molecular flexibility index (Phi) is 21.5. The second-order valence-corrected chi connectivity index (χ2v) is 36.5. The van der Waals surface area contributed by atoms with Gasteiger partial charge in [0, 0.05) is 88.9 Å². The minimum absolute atomic E-state index is 0.0304. The summed E-state index contributed by atoms with van der Waals surface area (Å²) in [7, 11) is -3.62. The maximum atomic E-state index is 13.9. The molecule has 6 aromatic carbocycles. The third-order valence-corrected chi connectivity index (χ3v) is 29.1. The number of ether oxygens (including phenoxy) is 2. The molecule has 6 aromatic rings. The molecule has 8 aliphatic rings. The Balaban J connectivity index is 0.000000185. The van der Waals surface area contributed by atoms with Gasteiger partial charge in [-0.05, 0) is 239 Å². The molecule has 552 valence electrons. The molecule has 0 saturated heterocycles. The molecule has 1 unspecified atom stereocenters. The summed E-state index contributed by atoms with van der Waals surface area (Å²) in [5.74, 6) is 2.99. The van der Waals surface area contributed by atoms with Gasteiger partial charge in [-0.25, -0.2) is 17.3 Å². The molecule has 4 aliphatic heterocycles. The molecule has 0 radical (unpaired) electrons. The van der Waals surface area contributed by atoms with Crippen molar-refractivity contribution in [2.24, 2.45) is 35.5 Å². The lowest BCUT2D eigenvalue weighted by Gasteiger charge is -2.49. The van der Waals surface area contributed by atoms with Crippen molar-refractivity contribution in [2.45, 2.75) is 150 Å². The molecule has 17 nitrogen and oxygen atoms in total. The zero-order chi connectivity index (χ0) is 73.7. The van der Waals surface area contributed by atoms with E-state index in [4.69, 9.17) is 32.7 Å². The zero-order valence-corrected chi connectivity index (χ0v) is 63.6. The van der Waals surface area contributed by atoms with E-state index in [0.717, 1.165) is 86.3 Å². The maximum absolute atomic E-state index is 13.9. The number of carbonyl (C=O) groups excluding carboxylic acids is 4. The molecule has 0 aromatic heterocycles. The second kappa shape index (κ2) is 29.9. The summed E-state index contributed by atoms with van der Waals surface area (Å²) in [6.45, 7) is 10.5. The fourth-order valence-corrected chi connectivity index (χ4v) is 20.7. The number of halogens is 2. The van der Waals surface area contributed by atoms with E-state index >= 15 is 0 Å². The Bertz CT molecular complexity index is 4260. The predicted octanol–water partition coefficient (Wildman–Crippen LogP) is 13.6. The molecular formula is C83H98Cl2N6O11S2. The first-order valence-corrected chi connectivity index (χ1v) is 41.0. The van der Waals surface area contributed by atoms with E-state index in [1.807, 2.05) is 130 Å². The Morgan fingerprint density at radius 2 is 1.00 bits per heavy atom. The number of nitrogens with zero attached hydrogens (tertiary/aromatic N) is 4. The number of benzene rings is 6. The lowest BCUT2D eigenvalue weighted by molar-refractivity contribution is -0.127. The summed E-state index contributed by atoms with van der Waals surface area (Å²) < 4.78 is 59.3. The normalized spacial score (nSPS) is 31.3. The van der Waals surface area contributed by atoms with Crippen molar-refractivity contribution in [3.8, 4) is 11.5 Å². The van der Waals surface area contributed by atoms with Crippen LogP contribution in [-0.4, -0.2) is 128 Å². The number of anilines is 4. The smallest absolute Gasteiger partial charge is 0.264 e. The Morgan fingerprint density at radius 3 is 1.42 bits per heavy atom. The summed E-state index contributed by atoms with van der Waals surface area (Å²) in [5, 5.41) is 25.3. The zero-order valence-electron chi connectivity index (χ0n) is 60.4. The van der Waals surface area contributed by atoms with Crippen molar-refractivity contribution in [3.63, 3.8) is 0 Å². The SMILES string of the molecule is C=S1(=O)NC(=O)c2ccc3c(c2)N(C[C@@H]2CC[C@H]2[C@@](O)(CC(=O)N(C)c2ccccc2)/C=C/C[C@H](C)[C@H]1C)C[C@@]1(CCCc2cc(Cl)ccc21)CO3.C[C@@H]1[C@@H](C)C/C=C/[C@@](O)(CC(=O)N(C)c2ccccc2)[C@@H]2CC[C@H]2CN2C[C@@]3(CCCc4cc(Cl)ccc43)COc3ccc(cc32)C(=O)NS1(=O)=O. The highest BCUT2D eigenvalue weighted by Gasteiger charge is 2.52. The topological polar surface area (TPSA) is 215 Å². The van der Waals surface area contributed by atoms with Crippen molar-refractivity contribution < 1.29 is 51.5 Å². The van der Waals surface area contributed by atoms with Gasteiger partial charge in [-0.1, -0.05) is 110 Å². The van der Waals surface area contributed by atoms with Gasteiger partial charge in [0.05, 0.1) is 63.6 Å². The molecule has 4 heterocycles. The third kappa shape index (κ3) is 15.2. The van der Waals surface area contributed by atoms with Gasteiger partial charge in [0.1, 0.15) is 11.5 Å². The quantitative estimate of drug-likeness (QED) is 0.0903. The molecule has 2 spiro atoms. The molecule has 4 amide bonds. The lowest BCUT2D eigenvalue weighted by Crippen LogP contribution is -2.53. The molecule has 21 heteroatoms. The first-order chi connectivity index (χ1) is 49.6. The van der Waals surface area contributed by atoms with Crippen LogP contribution in [0.3, 0.4) is 0 Å². The summed E-state index contributed by atoms with van der Waals surface area (Å²) >= 11 is 12.9. The minimum Gasteiger partial charge on any atom is -0.490 e. The van der Waals surface area contributed by atoms with Gasteiger partial charge in [-0.2, -0.15) is 0 Å². The molecule has 104 heavy (non-hydrogen) atoms. The molecule has 14 rings (SSSR count). The van der Waals surface area contributed by atoms with Crippen LogP contribution in [-0.2, 0) is 53.0 Å². The van der Waals surface area contributed by atoms with Gasteiger partial charge >= 0.3 is 0 Å². The van der Waals surface area contributed by atoms with Crippen molar-refractivity contribution in [1.29, 1.82) is 0 Å². The van der Waals surface area contributed by atoms with Crippen LogP contribution in [0, 0.1) is 35.5 Å². The van der Waals surface area contributed by atoms with Gasteiger partial charge in [0.25, 0.3) is 11.8 Å². The monoisotopic (exact) mass is 1490 g/mol. The largest absolute Gasteiger partial charge is 0.490 e. The highest BCUT2D eigenvalue weighted by molar-refractivity contribution is 7.99. The number of hydrogen-bond donors (Lipinski definition) is 4. The van der Waals surface area contributed by atoms with Crippen LogP contribution < -0.4 is 38.5 Å². The van der Waals surface area contributed by atoms with Crippen LogP contribution >= 0.6 is 23.2 Å². The number of fused-ring (bicyclic) bond motifs is 8. The first-order valence-electron chi connectivity index (χ1n) is 36.9. The first kappa shape index (κ1) is 74.6. The minimum atomic E-state index is -4.05. The van der Waals surface area contributed by atoms with Crippen LogP contribution in [0.1, 0.15) is 148 Å². The molecule has 4 N–H and O–H groups in total. The number of aliphatic hydroxyl groups is 2. The van der Waals surface area contributed by atoms with Crippen molar-refractivity contribution in [3.05, 3.63) is 201 Å². The summed E-state index contributed by atoms with van der Waals surface area (Å²) in [5.41, 5.74) is 4.96. The number of hydrogen-bond acceptors (Lipinski definition) is 13. The van der Waals surface area contributed by atoms with E-state index in [1.54, 1.807) is 61.2 Å². The van der Waals surface area contributed by atoms with Crippen molar-refractivity contribution in [1.82, 2.24) is 9.44 Å². The number of para-hydroxylation sites is 2. The molecule has 4 aliphatic carbocycles. The Labute approximate surface area is 623 Å². The number of sulfonamides is 1. The van der Waals surface area contributed by atoms with E-state index in [-0.39, 0.29) is 76.6 Å². The van der Waals surface area contributed by atoms with Gasteiger partial charge in [-0.3, -0.25) is 23.9 Å². The van der Waals surface area contributed by atoms with Gasteiger partial charge in [0.15, 0.2) is 0 Å². The fourth-order valence-electron chi connectivity index (χ4n) is 17.5. The molecule has 13 atom stereocenters. The number of rotatable bonds is 6. The fraction of sp³-hybridized carbons (Fsp3) is 0.458. The van der Waals surface area contributed by atoms with E-state index in [1.165, 1.54) is 22.3 Å². The van der Waals surface area contributed by atoms with E-state index in [0.29, 0.717) is 80.0 Å². The van der Waals surface area contributed by atoms with E-state index in [9.17, 15) is 42.0 Å². The summed E-state index contributed by atoms with van der Waals surface area (Å²) in [6.07, 6.45) is 16.9. The summed E-state index contributed by atoms with van der Waals surface area (Å²) in [6, 6.07) is 41.7. The highest BCUT2D eigenvalue weighted by Crippen LogP contribution is 2.52. The molecule has 4 bridgehead atoms. The van der Waals surface area contributed by atoms with E-state index < -0.39 is 53.2 Å². The Hall–Kier alpha value is -7.65. The molecule has 2 fully saturated rings. The average molecular weight is 1490 g/mol. The van der Waals surface area contributed by atoms with Crippen molar-refractivity contribution >= 4 is 95.2 Å². The number of carbonyl (C=O) groups is 4. The molecule has 2 saturated carbocycles. The lowest BCUT2D eigenvalue weighted by atomic mass is 9.63. The van der Waals surface area contributed by atoms with Crippen LogP contribution in [0.25, 0.3) is 0 Å². The van der Waals surface area contributed by atoms with Crippen LogP contribution in [0.15, 0.2) is 158 Å². The number of allylic oxidation sites excluding steroid dienone is 2. The summed E-state index contributed by atoms with van der Waals surface area (Å²) in [4.78, 5) is 62.8. The second-order valence-electron chi connectivity index (χ2n) is 31.1. The van der Waals surface area contributed by atoms with Gasteiger partial charge < -0.3 is 39.3 Å². The van der Waals surface area contributed by atoms with Crippen molar-refractivity contribution in [2.75, 3.05) is 73.1 Å². The maximum Gasteiger partial charge on any atom is 0.264 e. The predicted molar refractivity (Wildman–Crippen MR) is 416 cm³/mol. The molecular weight excluding hydrogens is 1390 g/mol. The number of aryl methyl sites for hydroxylation is 2. The number of nitrogens with one attached hydrogen (secondary N) is 2. The number of amides is 4. The van der Waals surface area contributed by atoms with Crippen LogP contribution in [0.2, 0.25) is 10.0 Å². The third-order valence-electron chi connectivity index (χ3n) is 24.6. The van der Waals surface area contributed by atoms with Crippen LogP contribution in [0.5, 0.6) is 11.5 Å². The van der Waals surface area contributed by atoms with E-state index in [2.05, 4.69) is 43.3 Å². The Morgan fingerprint density at radius 1 is 0.577 bits per heavy atom. The highest BCUT2D eigenvalue weighted by atomic mass is 35.5. The van der Waals surface area contributed by atoms with Gasteiger partial charge in [-0.15, -0.1) is 0 Å². The van der Waals surface area contributed by atoms with Gasteiger partial charge in [0.2, 0.25) is 21.8 Å². The average Bonchev–Trinajstić information content (AvgIpc) is 1.59.